The summed E-state index contributed by atoms with van der Waals surface area (Å²) in [5, 5.41) is 6.15. The fourth-order valence-corrected chi connectivity index (χ4v) is 2.13. The van der Waals surface area contributed by atoms with Crippen molar-refractivity contribution in [3.63, 3.8) is 0 Å². The Morgan fingerprint density at radius 1 is 1.13 bits per heavy atom. The first-order chi connectivity index (χ1) is 11.3. The number of ether oxygens (including phenoxy) is 1. The van der Waals surface area contributed by atoms with E-state index in [1.165, 1.54) is 5.56 Å². The quantitative estimate of drug-likeness (QED) is 0.694. The molecule has 1 aromatic carbocycles. The minimum atomic E-state index is 0.0348. The highest BCUT2D eigenvalue weighted by molar-refractivity contribution is 5.75. The van der Waals surface area contributed by atoms with E-state index >= 15 is 0 Å². The van der Waals surface area contributed by atoms with Crippen LogP contribution in [-0.4, -0.2) is 31.1 Å². The molecule has 1 heterocycles. The lowest BCUT2D eigenvalue weighted by Gasteiger charge is -2.07. The van der Waals surface area contributed by atoms with Gasteiger partial charge in [0.2, 0.25) is 5.91 Å². The van der Waals surface area contributed by atoms with Gasteiger partial charge in [0.25, 0.3) is 0 Å². The molecule has 1 aromatic heterocycles. The molecule has 0 spiro atoms. The number of pyridine rings is 1. The number of rotatable bonds is 9. The van der Waals surface area contributed by atoms with Gasteiger partial charge in [0, 0.05) is 19.2 Å². The van der Waals surface area contributed by atoms with Crippen LogP contribution < -0.4 is 15.4 Å². The average molecular weight is 313 g/mol. The Morgan fingerprint density at radius 3 is 2.65 bits per heavy atom. The van der Waals surface area contributed by atoms with Crippen LogP contribution in [0.1, 0.15) is 17.7 Å². The van der Waals surface area contributed by atoms with Crippen LogP contribution >= 0.6 is 0 Å². The molecule has 0 saturated heterocycles. The van der Waals surface area contributed by atoms with E-state index in [9.17, 15) is 4.79 Å². The van der Waals surface area contributed by atoms with E-state index in [0.717, 1.165) is 24.4 Å². The van der Waals surface area contributed by atoms with Crippen molar-refractivity contribution in [3.05, 3.63) is 59.9 Å². The first-order valence-electron chi connectivity index (χ1n) is 7.78. The van der Waals surface area contributed by atoms with Gasteiger partial charge in [-0.3, -0.25) is 9.78 Å². The summed E-state index contributed by atoms with van der Waals surface area (Å²) in [6.45, 7) is 2.00. The zero-order valence-corrected chi connectivity index (χ0v) is 13.4. The number of hydrogen-bond acceptors (Lipinski definition) is 4. The molecule has 0 aliphatic carbocycles. The average Bonchev–Trinajstić information content (AvgIpc) is 2.61. The topological polar surface area (TPSA) is 63.2 Å². The Labute approximate surface area is 137 Å². The van der Waals surface area contributed by atoms with Crippen molar-refractivity contribution < 1.29 is 9.53 Å². The molecule has 23 heavy (non-hydrogen) atoms. The van der Waals surface area contributed by atoms with Crippen LogP contribution in [0.25, 0.3) is 0 Å². The second-order valence-electron chi connectivity index (χ2n) is 5.20. The molecule has 0 saturated carbocycles. The molecule has 0 aliphatic heterocycles. The van der Waals surface area contributed by atoms with Crippen molar-refractivity contribution in [2.75, 3.05) is 20.2 Å². The van der Waals surface area contributed by atoms with Crippen LogP contribution in [0.15, 0.2) is 48.7 Å². The Bertz CT molecular complexity index is 585. The van der Waals surface area contributed by atoms with Crippen LogP contribution in [0.4, 0.5) is 0 Å². The largest absolute Gasteiger partial charge is 0.497 e. The van der Waals surface area contributed by atoms with Crippen molar-refractivity contribution in [1.29, 1.82) is 0 Å². The fraction of sp³-hybridized carbons (Fsp3) is 0.333. The number of nitrogens with zero attached hydrogens (tertiary/aromatic N) is 1. The molecular formula is C18H23N3O2. The SMILES string of the molecule is COc1ccc(CCNCCC(=O)NCc2ccccn2)cc1. The van der Waals surface area contributed by atoms with E-state index in [2.05, 4.69) is 27.8 Å². The van der Waals surface area contributed by atoms with Gasteiger partial charge >= 0.3 is 0 Å². The van der Waals surface area contributed by atoms with E-state index in [4.69, 9.17) is 4.74 Å². The lowest BCUT2D eigenvalue weighted by atomic mass is 10.1. The van der Waals surface area contributed by atoms with Gasteiger partial charge in [-0.05, 0) is 42.8 Å². The van der Waals surface area contributed by atoms with Crippen molar-refractivity contribution in [2.24, 2.45) is 0 Å². The summed E-state index contributed by atoms with van der Waals surface area (Å²) >= 11 is 0. The number of amides is 1. The summed E-state index contributed by atoms with van der Waals surface area (Å²) in [4.78, 5) is 15.9. The second kappa shape index (κ2) is 9.58. The summed E-state index contributed by atoms with van der Waals surface area (Å²) in [5.41, 5.74) is 2.12. The van der Waals surface area contributed by atoms with E-state index in [1.807, 2.05) is 30.3 Å². The molecule has 0 aliphatic rings. The van der Waals surface area contributed by atoms with Gasteiger partial charge in [0.15, 0.2) is 0 Å². The van der Waals surface area contributed by atoms with Gasteiger partial charge in [-0.2, -0.15) is 0 Å². The number of benzene rings is 1. The van der Waals surface area contributed by atoms with E-state index < -0.39 is 0 Å². The highest BCUT2D eigenvalue weighted by atomic mass is 16.5. The van der Waals surface area contributed by atoms with Crippen LogP contribution in [0, 0.1) is 0 Å². The van der Waals surface area contributed by atoms with Crippen LogP contribution in [0.2, 0.25) is 0 Å². The van der Waals surface area contributed by atoms with Crippen LogP contribution in [-0.2, 0) is 17.8 Å². The summed E-state index contributed by atoms with van der Waals surface area (Å²) in [6.07, 6.45) is 3.12. The summed E-state index contributed by atoms with van der Waals surface area (Å²) in [6, 6.07) is 13.7. The van der Waals surface area contributed by atoms with Gasteiger partial charge in [-0.25, -0.2) is 0 Å². The fourth-order valence-electron chi connectivity index (χ4n) is 2.13. The van der Waals surface area contributed by atoms with Gasteiger partial charge in [-0.15, -0.1) is 0 Å². The molecule has 0 bridgehead atoms. The predicted molar refractivity (Wildman–Crippen MR) is 90.3 cm³/mol. The minimum Gasteiger partial charge on any atom is -0.497 e. The normalized spacial score (nSPS) is 10.3. The summed E-state index contributed by atoms with van der Waals surface area (Å²) < 4.78 is 5.13. The Balaban J connectivity index is 1.55. The third-order valence-electron chi connectivity index (χ3n) is 3.47. The third-order valence-corrected chi connectivity index (χ3v) is 3.47. The molecular weight excluding hydrogens is 290 g/mol. The lowest BCUT2D eigenvalue weighted by molar-refractivity contribution is -0.121. The maximum absolute atomic E-state index is 11.7. The number of carbonyl (C=O) groups is 1. The van der Waals surface area contributed by atoms with Crippen molar-refractivity contribution in [1.82, 2.24) is 15.6 Å². The zero-order chi connectivity index (χ0) is 16.3. The molecule has 0 atom stereocenters. The Kier molecular flexibility index (Phi) is 7.07. The van der Waals surface area contributed by atoms with Crippen molar-refractivity contribution in [3.8, 4) is 5.75 Å². The first-order valence-corrected chi connectivity index (χ1v) is 7.78. The number of aromatic nitrogens is 1. The third kappa shape index (κ3) is 6.48. The molecule has 0 fully saturated rings. The molecule has 2 rings (SSSR count). The lowest BCUT2D eigenvalue weighted by Crippen LogP contribution is -2.28. The molecule has 0 unspecified atom stereocenters. The number of nitrogens with one attached hydrogen (secondary N) is 2. The molecule has 0 radical (unpaired) electrons. The molecule has 5 nitrogen and oxygen atoms in total. The maximum atomic E-state index is 11.7. The monoisotopic (exact) mass is 313 g/mol. The van der Waals surface area contributed by atoms with Gasteiger partial charge in [0.1, 0.15) is 5.75 Å². The molecule has 122 valence electrons. The minimum absolute atomic E-state index is 0.0348. The highest BCUT2D eigenvalue weighted by Gasteiger charge is 2.01. The number of methoxy groups -OCH3 is 1. The van der Waals surface area contributed by atoms with Crippen molar-refractivity contribution >= 4 is 5.91 Å². The molecule has 2 N–H and O–H groups in total. The number of hydrogen-bond donors (Lipinski definition) is 2. The van der Waals surface area contributed by atoms with Gasteiger partial charge < -0.3 is 15.4 Å². The van der Waals surface area contributed by atoms with Gasteiger partial charge in [0.05, 0.1) is 19.3 Å². The Hall–Kier alpha value is -2.40. The predicted octanol–water partition coefficient (Wildman–Crippen LogP) is 1.93. The van der Waals surface area contributed by atoms with E-state index in [-0.39, 0.29) is 5.91 Å². The molecule has 5 heteroatoms. The standard InChI is InChI=1S/C18H23N3O2/c1-23-17-7-5-15(6-8-17)9-12-19-13-10-18(22)21-14-16-4-2-3-11-20-16/h2-8,11,19H,9-10,12-14H2,1H3,(H,21,22). The van der Waals surface area contributed by atoms with Crippen molar-refractivity contribution in [2.45, 2.75) is 19.4 Å². The highest BCUT2D eigenvalue weighted by Crippen LogP contribution is 2.11. The molecule has 2 aromatic rings. The van der Waals surface area contributed by atoms with E-state index in [1.54, 1.807) is 13.3 Å². The van der Waals surface area contributed by atoms with Crippen LogP contribution in [0.5, 0.6) is 5.75 Å². The van der Waals surface area contributed by atoms with E-state index in [0.29, 0.717) is 19.5 Å². The summed E-state index contributed by atoms with van der Waals surface area (Å²) in [7, 11) is 1.66. The number of carbonyl (C=O) groups excluding carboxylic acids is 1. The Morgan fingerprint density at radius 2 is 1.96 bits per heavy atom. The zero-order valence-electron chi connectivity index (χ0n) is 13.4. The first kappa shape index (κ1) is 17.0. The maximum Gasteiger partial charge on any atom is 0.221 e. The smallest absolute Gasteiger partial charge is 0.221 e. The van der Waals surface area contributed by atoms with Gasteiger partial charge in [-0.1, -0.05) is 18.2 Å². The summed E-state index contributed by atoms with van der Waals surface area (Å²) in [5.74, 6) is 0.902. The molecule has 1 amide bonds. The van der Waals surface area contributed by atoms with Crippen LogP contribution in [0.3, 0.4) is 0 Å². The second-order valence-corrected chi connectivity index (χ2v) is 5.20.